The van der Waals surface area contributed by atoms with Crippen LogP contribution in [0.5, 0.6) is 0 Å². The molecule has 0 radical (unpaired) electrons. The molecule has 5 heteroatoms. The van der Waals surface area contributed by atoms with Crippen molar-refractivity contribution in [2.24, 2.45) is 0 Å². The first-order valence-electron chi connectivity index (χ1n) is 5.68. The Morgan fingerprint density at radius 1 is 1.26 bits per heavy atom. The number of carboxylic acids is 1. The molecule has 0 aliphatic heterocycles. The van der Waals surface area contributed by atoms with Crippen LogP contribution in [0.3, 0.4) is 0 Å². The average molecular weight is 321 g/mol. The van der Waals surface area contributed by atoms with Crippen LogP contribution in [-0.2, 0) is 6.54 Å². The van der Waals surface area contributed by atoms with E-state index < -0.39 is 5.97 Å². The lowest BCUT2D eigenvalue weighted by atomic mass is 10.1. The van der Waals surface area contributed by atoms with Gasteiger partial charge in [0.05, 0.1) is 5.56 Å². The fraction of sp³-hybridized carbons (Fsp3) is 0.0714. The zero-order valence-electron chi connectivity index (χ0n) is 10.1. The quantitative estimate of drug-likeness (QED) is 0.755. The number of aromatic carboxylic acids is 1. The van der Waals surface area contributed by atoms with Crippen molar-refractivity contribution in [3.8, 4) is 0 Å². The Balaban J connectivity index is 2.21. The fourth-order valence-electron chi connectivity index (χ4n) is 1.70. The summed E-state index contributed by atoms with van der Waals surface area (Å²) in [7, 11) is 0. The van der Waals surface area contributed by atoms with Gasteiger partial charge in [0.15, 0.2) is 0 Å². The van der Waals surface area contributed by atoms with E-state index >= 15 is 0 Å². The van der Waals surface area contributed by atoms with E-state index in [1.807, 2.05) is 30.3 Å². The summed E-state index contributed by atoms with van der Waals surface area (Å²) in [5, 5.41) is 12.2. The minimum atomic E-state index is -1.03. The summed E-state index contributed by atoms with van der Waals surface area (Å²) in [6.07, 6.45) is 0. The van der Waals surface area contributed by atoms with E-state index in [0.29, 0.717) is 12.2 Å². The van der Waals surface area contributed by atoms with Gasteiger partial charge in [-0.2, -0.15) is 0 Å². The Morgan fingerprint density at radius 2 is 1.95 bits per heavy atom. The van der Waals surface area contributed by atoms with Crippen molar-refractivity contribution < 1.29 is 9.90 Å². The summed E-state index contributed by atoms with van der Waals surface area (Å²) < 4.78 is 0.742. The maximum Gasteiger partial charge on any atom is 0.337 e. The number of hydrogen-bond acceptors (Lipinski definition) is 3. The van der Waals surface area contributed by atoms with Crippen molar-refractivity contribution in [1.82, 2.24) is 0 Å². The minimum absolute atomic E-state index is 0.0961. The molecule has 0 saturated carbocycles. The van der Waals surface area contributed by atoms with E-state index in [9.17, 15) is 4.79 Å². The summed E-state index contributed by atoms with van der Waals surface area (Å²) in [4.78, 5) is 11.0. The number of nitrogens with one attached hydrogen (secondary N) is 1. The smallest absolute Gasteiger partial charge is 0.337 e. The highest BCUT2D eigenvalue weighted by Crippen LogP contribution is 2.28. The van der Waals surface area contributed by atoms with Gasteiger partial charge < -0.3 is 16.2 Å². The molecule has 0 aliphatic carbocycles. The van der Waals surface area contributed by atoms with Crippen molar-refractivity contribution in [2.75, 3.05) is 11.1 Å². The fourth-order valence-corrected chi connectivity index (χ4v) is 2.20. The zero-order chi connectivity index (χ0) is 13.8. The molecule has 0 aromatic heterocycles. The monoisotopic (exact) mass is 320 g/mol. The molecule has 2 aromatic carbocycles. The lowest BCUT2D eigenvalue weighted by molar-refractivity contribution is 0.0698. The number of halogens is 1. The second-order valence-electron chi connectivity index (χ2n) is 4.06. The molecular weight excluding hydrogens is 308 g/mol. The minimum Gasteiger partial charge on any atom is -0.478 e. The van der Waals surface area contributed by atoms with E-state index in [4.69, 9.17) is 10.8 Å². The first-order valence-corrected chi connectivity index (χ1v) is 6.47. The highest BCUT2D eigenvalue weighted by molar-refractivity contribution is 9.10. The Labute approximate surface area is 119 Å². The van der Waals surface area contributed by atoms with Crippen molar-refractivity contribution in [2.45, 2.75) is 6.54 Å². The summed E-state index contributed by atoms with van der Waals surface area (Å²) >= 11 is 3.37. The van der Waals surface area contributed by atoms with Crippen molar-refractivity contribution >= 4 is 33.3 Å². The third-order valence-corrected chi connectivity index (χ3v) is 3.35. The van der Waals surface area contributed by atoms with Crippen molar-refractivity contribution in [1.29, 1.82) is 0 Å². The molecule has 4 N–H and O–H groups in total. The highest BCUT2D eigenvalue weighted by Gasteiger charge is 2.11. The number of anilines is 2. The molecule has 0 saturated heterocycles. The molecule has 98 valence electrons. The largest absolute Gasteiger partial charge is 0.478 e. The van der Waals surface area contributed by atoms with Crippen LogP contribution >= 0.6 is 15.9 Å². The molecule has 0 spiro atoms. The molecule has 0 unspecified atom stereocenters. The number of hydrogen-bond donors (Lipinski definition) is 3. The molecule has 0 atom stereocenters. The van der Waals surface area contributed by atoms with Gasteiger partial charge in [-0.1, -0.05) is 30.3 Å². The predicted octanol–water partition coefficient (Wildman–Crippen LogP) is 3.34. The van der Waals surface area contributed by atoms with Crippen LogP contribution in [0.4, 0.5) is 11.4 Å². The van der Waals surface area contributed by atoms with Gasteiger partial charge in [-0.05, 0) is 33.6 Å². The number of carbonyl (C=O) groups is 1. The third kappa shape index (κ3) is 3.26. The molecule has 2 aromatic rings. The van der Waals surface area contributed by atoms with Gasteiger partial charge in [0.2, 0.25) is 0 Å². The number of rotatable bonds is 4. The molecule has 2 rings (SSSR count). The van der Waals surface area contributed by atoms with E-state index in [-0.39, 0.29) is 11.3 Å². The molecule has 19 heavy (non-hydrogen) atoms. The number of nitrogens with two attached hydrogens (primary N) is 1. The summed E-state index contributed by atoms with van der Waals surface area (Å²) in [5.41, 5.74) is 7.81. The maximum absolute atomic E-state index is 11.0. The van der Waals surface area contributed by atoms with Gasteiger partial charge >= 0.3 is 5.97 Å². The van der Waals surface area contributed by atoms with Crippen LogP contribution < -0.4 is 11.1 Å². The first kappa shape index (κ1) is 13.4. The maximum atomic E-state index is 11.0. The van der Waals surface area contributed by atoms with Gasteiger partial charge in [-0.25, -0.2) is 4.79 Å². The molecule has 0 heterocycles. The van der Waals surface area contributed by atoms with Gasteiger partial charge in [0.1, 0.15) is 0 Å². The topological polar surface area (TPSA) is 75.3 Å². The molecule has 0 bridgehead atoms. The standard InChI is InChI=1S/C14H13BrN2O2/c15-11-7-12(16)10(14(18)19)6-13(11)17-8-9-4-2-1-3-5-9/h1-7,17H,8,16H2,(H,18,19). The average Bonchev–Trinajstić information content (AvgIpc) is 2.38. The van der Waals surface area contributed by atoms with E-state index in [1.165, 1.54) is 6.07 Å². The van der Waals surface area contributed by atoms with Crippen LogP contribution in [0.25, 0.3) is 0 Å². The number of carboxylic acid groups (broad SMARTS) is 1. The Morgan fingerprint density at radius 3 is 2.58 bits per heavy atom. The first-order chi connectivity index (χ1) is 9.08. The van der Waals surface area contributed by atoms with Gasteiger partial charge in [0.25, 0.3) is 0 Å². The van der Waals surface area contributed by atoms with Gasteiger partial charge in [-0.15, -0.1) is 0 Å². The normalized spacial score (nSPS) is 10.2. The van der Waals surface area contributed by atoms with E-state index in [2.05, 4.69) is 21.2 Å². The Bertz CT molecular complexity index is 600. The van der Waals surface area contributed by atoms with Crippen LogP contribution in [-0.4, -0.2) is 11.1 Å². The molecule has 0 fully saturated rings. The SMILES string of the molecule is Nc1cc(Br)c(NCc2ccccc2)cc1C(=O)O. The second-order valence-corrected chi connectivity index (χ2v) is 4.92. The van der Waals surface area contributed by atoms with Crippen LogP contribution in [0.15, 0.2) is 46.9 Å². The third-order valence-electron chi connectivity index (χ3n) is 2.70. The number of benzene rings is 2. The zero-order valence-corrected chi connectivity index (χ0v) is 11.6. The lowest BCUT2D eigenvalue weighted by Crippen LogP contribution is -2.06. The second kappa shape index (κ2) is 5.75. The lowest BCUT2D eigenvalue weighted by Gasteiger charge is -2.11. The Kier molecular flexibility index (Phi) is 4.06. The predicted molar refractivity (Wildman–Crippen MR) is 79.3 cm³/mol. The van der Waals surface area contributed by atoms with Gasteiger partial charge in [-0.3, -0.25) is 0 Å². The van der Waals surface area contributed by atoms with Crippen LogP contribution in [0.2, 0.25) is 0 Å². The molecular formula is C14H13BrN2O2. The van der Waals surface area contributed by atoms with Crippen LogP contribution in [0, 0.1) is 0 Å². The molecule has 4 nitrogen and oxygen atoms in total. The van der Waals surface area contributed by atoms with Gasteiger partial charge in [0, 0.05) is 22.4 Å². The molecule has 0 amide bonds. The van der Waals surface area contributed by atoms with Crippen molar-refractivity contribution in [3.05, 3.63) is 58.1 Å². The summed E-state index contributed by atoms with van der Waals surface area (Å²) in [5.74, 6) is -1.03. The molecule has 0 aliphatic rings. The van der Waals surface area contributed by atoms with Crippen LogP contribution in [0.1, 0.15) is 15.9 Å². The highest BCUT2D eigenvalue weighted by atomic mass is 79.9. The van der Waals surface area contributed by atoms with E-state index in [0.717, 1.165) is 10.0 Å². The number of nitrogen functional groups attached to an aromatic ring is 1. The summed E-state index contributed by atoms with van der Waals surface area (Å²) in [6.45, 7) is 0.614. The Hall–Kier alpha value is -2.01. The summed E-state index contributed by atoms with van der Waals surface area (Å²) in [6, 6.07) is 13.0. The van der Waals surface area contributed by atoms with Crippen molar-refractivity contribution in [3.63, 3.8) is 0 Å². The van der Waals surface area contributed by atoms with E-state index in [1.54, 1.807) is 6.07 Å².